The van der Waals surface area contributed by atoms with Gasteiger partial charge in [0.1, 0.15) is 5.76 Å². The van der Waals surface area contributed by atoms with Gasteiger partial charge in [-0.05, 0) is 67.3 Å². The number of carbonyl (C=O) groups is 1. The molecule has 3 heterocycles. The molecule has 3 rings (SSSR count). The van der Waals surface area contributed by atoms with Crippen molar-refractivity contribution in [1.82, 2.24) is 20.0 Å². The lowest BCUT2D eigenvalue weighted by Gasteiger charge is -2.25. The van der Waals surface area contributed by atoms with E-state index in [0.29, 0.717) is 12.3 Å². The fourth-order valence-electron chi connectivity index (χ4n) is 3.06. The van der Waals surface area contributed by atoms with Crippen molar-refractivity contribution in [3.05, 3.63) is 40.0 Å². The predicted octanol–water partition coefficient (Wildman–Crippen LogP) is 3.35. The third-order valence-electron chi connectivity index (χ3n) is 4.45. The van der Waals surface area contributed by atoms with E-state index < -0.39 is 0 Å². The lowest BCUT2D eigenvalue weighted by molar-refractivity contribution is 0.0920. The highest BCUT2D eigenvalue weighted by atomic mass is 79.9. The van der Waals surface area contributed by atoms with Crippen molar-refractivity contribution in [2.75, 3.05) is 19.6 Å². The van der Waals surface area contributed by atoms with Crippen LogP contribution >= 0.6 is 15.9 Å². The maximum atomic E-state index is 12.2. The lowest BCUT2D eigenvalue weighted by Crippen LogP contribution is -2.29. The predicted molar refractivity (Wildman–Crippen MR) is 99.5 cm³/mol. The fraction of sp³-hybridized carbons (Fsp3) is 0.556. The van der Waals surface area contributed by atoms with Crippen LogP contribution in [0.4, 0.5) is 0 Å². The smallest absolute Gasteiger partial charge is 0.286 e. The molecule has 1 saturated heterocycles. The van der Waals surface area contributed by atoms with Gasteiger partial charge < -0.3 is 9.73 Å². The minimum absolute atomic E-state index is 0.150. The van der Waals surface area contributed by atoms with Gasteiger partial charge in [-0.15, -0.1) is 0 Å². The van der Waals surface area contributed by atoms with Gasteiger partial charge in [0.25, 0.3) is 5.91 Å². The van der Waals surface area contributed by atoms with Crippen molar-refractivity contribution < 1.29 is 9.21 Å². The number of nitrogens with zero attached hydrogens (tertiary/aromatic N) is 3. The lowest BCUT2D eigenvalue weighted by atomic mass is 10.1. The summed E-state index contributed by atoms with van der Waals surface area (Å²) in [6.07, 6.45) is 6.59. The average molecular weight is 409 g/mol. The Labute approximate surface area is 156 Å². The first-order valence-electron chi connectivity index (χ1n) is 8.90. The zero-order chi connectivity index (χ0) is 17.6. The van der Waals surface area contributed by atoms with E-state index in [1.165, 1.54) is 19.3 Å². The standard InChI is InChI=1S/C18H25BrN4O2/c1-14-16(19)13-23(21-14)11-5-8-20-18(24)17-7-6-15(25-17)12-22-9-3-2-4-10-22/h6-7,13H,2-5,8-12H2,1H3,(H,20,24). The number of hydrogen-bond acceptors (Lipinski definition) is 4. The normalized spacial score (nSPS) is 15.4. The van der Waals surface area contributed by atoms with E-state index >= 15 is 0 Å². The van der Waals surface area contributed by atoms with Gasteiger partial charge in [-0.3, -0.25) is 14.4 Å². The van der Waals surface area contributed by atoms with E-state index in [1.807, 2.05) is 23.9 Å². The van der Waals surface area contributed by atoms with Crippen LogP contribution in [-0.4, -0.2) is 40.2 Å². The summed E-state index contributed by atoms with van der Waals surface area (Å²) in [5.41, 5.74) is 0.973. The molecule has 0 aromatic carbocycles. The molecule has 1 aliphatic rings. The van der Waals surface area contributed by atoms with Crippen LogP contribution in [0.3, 0.4) is 0 Å². The summed E-state index contributed by atoms with van der Waals surface area (Å²) in [5.74, 6) is 1.11. The van der Waals surface area contributed by atoms with Crippen molar-refractivity contribution in [3.63, 3.8) is 0 Å². The summed E-state index contributed by atoms with van der Waals surface area (Å²) in [7, 11) is 0. The summed E-state index contributed by atoms with van der Waals surface area (Å²) in [6, 6.07) is 3.68. The van der Waals surface area contributed by atoms with Gasteiger partial charge >= 0.3 is 0 Å². The van der Waals surface area contributed by atoms with Crippen LogP contribution in [0.5, 0.6) is 0 Å². The van der Waals surface area contributed by atoms with Crippen LogP contribution in [0.15, 0.2) is 27.2 Å². The second kappa shape index (κ2) is 8.67. The number of hydrogen-bond donors (Lipinski definition) is 1. The monoisotopic (exact) mass is 408 g/mol. The second-order valence-electron chi connectivity index (χ2n) is 6.54. The molecule has 1 fully saturated rings. The van der Waals surface area contributed by atoms with Crippen molar-refractivity contribution >= 4 is 21.8 Å². The summed E-state index contributed by atoms with van der Waals surface area (Å²) < 4.78 is 8.60. The fourth-order valence-corrected chi connectivity index (χ4v) is 3.38. The minimum Gasteiger partial charge on any atom is -0.455 e. The Bertz CT molecular complexity index is 684. The average Bonchev–Trinajstić information content (AvgIpc) is 3.19. The summed E-state index contributed by atoms with van der Waals surface area (Å²) in [5, 5.41) is 7.29. The van der Waals surface area contributed by atoms with Crippen LogP contribution in [0.2, 0.25) is 0 Å². The first kappa shape index (κ1) is 18.2. The van der Waals surface area contributed by atoms with Gasteiger partial charge in [0.15, 0.2) is 5.76 Å². The molecule has 0 spiro atoms. The number of carbonyl (C=O) groups excluding carboxylic acids is 1. The molecule has 0 bridgehead atoms. The van der Waals surface area contributed by atoms with Crippen molar-refractivity contribution in [2.45, 2.75) is 45.7 Å². The van der Waals surface area contributed by atoms with Gasteiger partial charge in [-0.25, -0.2) is 0 Å². The van der Waals surface area contributed by atoms with Gasteiger partial charge in [-0.1, -0.05) is 6.42 Å². The first-order chi connectivity index (χ1) is 12.1. The van der Waals surface area contributed by atoms with Gasteiger partial charge in [0.05, 0.1) is 16.7 Å². The number of nitrogens with one attached hydrogen (secondary N) is 1. The molecule has 1 N–H and O–H groups in total. The number of rotatable bonds is 7. The number of halogens is 1. The van der Waals surface area contributed by atoms with E-state index in [1.54, 1.807) is 6.07 Å². The number of amides is 1. The molecule has 136 valence electrons. The van der Waals surface area contributed by atoms with Crippen LogP contribution in [-0.2, 0) is 13.1 Å². The molecule has 0 atom stereocenters. The SMILES string of the molecule is Cc1nn(CCCNC(=O)c2ccc(CN3CCCCC3)o2)cc1Br. The van der Waals surface area contributed by atoms with Gasteiger partial charge in [-0.2, -0.15) is 5.10 Å². The summed E-state index contributed by atoms with van der Waals surface area (Å²) in [4.78, 5) is 14.6. The van der Waals surface area contributed by atoms with E-state index in [-0.39, 0.29) is 5.91 Å². The number of furan rings is 1. The molecular weight excluding hydrogens is 384 g/mol. The number of aryl methyl sites for hydroxylation is 2. The Morgan fingerprint density at radius 2 is 2.12 bits per heavy atom. The Morgan fingerprint density at radius 3 is 2.84 bits per heavy atom. The topological polar surface area (TPSA) is 63.3 Å². The third-order valence-corrected chi connectivity index (χ3v) is 5.23. The highest BCUT2D eigenvalue weighted by Crippen LogP contribution is 2.15. The molecule has 0 saturated carbocycles. The molecule has 2 aromatic heterocycles. The Morgan fingerprint density at radius 1 is 1.32 bits per heavy atom. The quantitative estimate of drug-likeness (QED) is 0.713. The zero-order valence-corrected chi connectivity index (χ0v) is 16.2. The van der Waals surface area contributed by atoms with Crippen LogP contribution < -0.4 is 5.32 Å². The molecule has 6 nitrogen and oxygen atoms in total. The van der Waals surface area contributed by atoms with Crippen molar-refractivity contribution in [3.8, 4) is 0 Å². The maximum Gasteiger partial charge on any atom is 0.286 e. The van der Waals surface area contributed by atoms with Crippen LogP contribution in [0, 0.1) is 6.92 Å². The second-order valence-corrected chi connectivity index (χ2v) is 7.39. The third kappa shape index (κ3) is 5.19. The molecule has 25 heavy (non-hydrogen) atoms. The van der Waals surface area contributed by atoms with Gasteiger partial charge in [0.2, 0.25) is 0 Å². The molecule has 1 amide bonds. The molecule has 1 aliphatic heterocycles. The number of piperidine rings is 1. The van der Waals surface area contributed by atoms with E-state index in [0.717, 1.165) is 48.5 Å². The minimum atomic E-state index is -0.150. The summed E-state index contributed by atoms with van der Waals surface area (Å²) >= 11 is 3.45. The Hall–Kier alpha value is -1.60. The molecule has 0 aliphatic carbocycles. The highest BCUT2D eigenvalue weighted by Gasteiger charge is 2.15. The first-order valence-corrected chi connectivity index (χ1v) is 9.70. The van der Waals surface area contributed by atoms with Gasteiger partial charge in [0, 0.05) is 19.3 Å². The largest absolute Gasteiger partial charge is 0.455 e. The molecule has 0 radical (unpaired) electrons. The molecular formula is C18H25BrN4O2. The maximum absolute atomic E-state index is 12.2. The molecule has 0 unspecified atom stereocenters. The highest BCUT2D eigenvalue weighted by molar-refractivity contribution is 9.10. The Kier molecular flexibility index (Phi) is 6.31. The van der Waals surface area contributed by atoms with Crippen molar-refractivity contribution in [2.24, 2.45) is 0 Å². The molecule has 2 aromatic rings. The number of aromatic nitrogens is 2. The van der Waals surface area contributed by atoms with E-state index in [2.05, 4.69) is 31.2 Å². The molecule has 7 heteroatoms. The number of likely N-dealkylation sites (tertiary alicyclic amines) is 1. The van der Waals surface area contributed by atoms with E-state index in [9.17, 15) is 4.79 Å². The zero-order valence-electron chi connectivity index (χ0n) is 14.6. The van der Waals surface area contributed by atoms with Crippen LogP contribution in [0.25, 0.3) is 0 Å². The van der Waals surface area contributed by atoms with Crippen LogP contribution in [0.1, 0.15) is 47.7 Å². The Balaban J connectivity index is 1.40. The van der Waals surface area contributed by atoms with E-state index in [4.69, 9.17) is 4.42 Å². The summed E-state index contributed by atoms with van der Waals surface area (Å²) in [6.45, 7) is 6.35. The van der Waals surface area contributed by atoms with Crippen molar-refractivity contribution in [1.29, 1.82) is 0 Å².